The molecule has 1 atom stereocenters. The summed E-state index contributed by atoms with van der Waals surface area (Å²) in [5.41, 5.74) is -0.513. The van der Waals surface area contributed by atoms with Crippen LogP contribution in [0.2, 0.25) is 0 Å². The zero-order chi connectivity index (χ0) is 18.6. The van der Waals surface area contributed by atoms with Crippen molar-refractivity contribution < 1.29 is 27.5 Å². The Bertz CT molecular complexity index is 779. The monoisotopic (exact) mass is 416 g/mol. The van der Waals surface area contributed by atoms with E-state index in [-0.39, 0.29) is 11.3 Å². The highest BCUT2D eigenvalue weighted by atomic mass is 79.9. The summed E-state index contributed by atoms with van der Waals surface area (Å²) in [7, 11) is 0. The van der Waals surface area contributed by atoms with Crippen molar-refractivity contribution in [2.75, 3.05) is 5.32 Å². The quantitative estimate of drug-likeness (QED) is 0.763. The van der Waals surface area contributed by atoms with Gasteiger partial charge in [-0.05, 0) is 53.2 Å². The summed E-state index contributed by atoms with van der Waals surface area (Å²) >= 11 is 3.16. The van der Waals surface area contributed by atoms with Crippen molar-refractivity contribution >= 4 is 33.5 Å². The molecule has 0 saturated carbocycles. The lowest BCUT2D eigenvalue weighted by atomic mass is 10.2. The minimum absolute atomic E-state index is 0.156. The summed E-state index contributed by atoms with van der Waals surface area (Å²) in [6.45, 7) is 1.35. The second-order valence-corrected chi connectivity index (χ2v) is 5.92. The van der Waals surface area contributed by atoms with Crippen LogP contribution in [0.5, 0.6) is 0 Å². The first-order chi connectivity index (χ1) is 11.7. The zero-order valence-corrected chi connectivity index (χ0v) is 14.4. The van der Waals surface area contributed by atoms with Crippen LogP contribution in [-0.4, -0.2) is 23.0 Å². The van der Waals surface area contributed by atoms with E-state index in [4.69, 9.17) is 4.74 Å². The number of carbonyl (C=O) groups is 2. The van der Waals surface area contributed by atoms with Gasteiger partial charge in [-0.3, -0.25) is 9.78 Å². The van der Waals surface area contributed by atoms with Gasteiger partial charge < -0.3 is 10.1 Å². The molecule has 1 aromatic heterocycles. The van der Waals surface area contributed by atoms with Gasteiger partial charge in [-0.1, -0.05) is 0 Å². The maximum Gasteiger partial charge on any atom is 0.416 e. The van der Waals surface area contributed by atoms with E-state index in [1.165, 1.54) is 25.4 Å². The van der Waals surface area contributed by atoms with Crippen LogP contribution in [0, 0.1) is 0 Å². The third-order valence-electron chi connectivity index (χ3n) is 3.07. The van der Waals surface area contributed by atoms with E-state index >= 15 is 0 Å². The molecule has 2 aromatic rings. The summed E-state index contributed by atoms with van der Waals surface area (Å²) < 4.78 is 43.1. The number of ether oxygens (including phenoxy) is 1. The van der Waals surface area contributed by atoms with Crippen LogP contribution in [0.4, 0.5) is 18.9 Å². The Morgan fingerprint density at radius 2 is 1.84 bits per heavy atom. The van der Waals surface area contributed by atoms with Crippen LogP contribution in [-0.2, 0) is 15.7 Å². The van der Waals surface area contributed by atoms with Crippen molar-refractivity contribution in [1.29, 1.82) is 0 Å². The van der Waals surface area contributed by atoms with Gasteiger partial charge in [-0.2, -0.15) is 13.2 Å². The van der Waals surface area contributed by atoms with Gasteiger partial charge >= 0.3 is 12.1 Å². The van der Waals surface area contributed by atoms with Crippen molar-refractivity contribution in [3.05, 3.63) is 58.3 Å². The first-order valence-corrected chi connectivity index (χ1v) is 7.76. The maximum atomic E-state index is 12.5. The van der Waals surface area contributed by atoms with E-state index in [0.29, 0.717) is 4.47 Å². The molecule has 1 amide bonds. The van der Waals surface area contributed by atoms with Gasteiger partial charge in [-0.15, -0.1) is 0 Å². The molecule has 5 nitrogen and oxygen atoms in total. The molecular formula is C16H12BrF3N2O3. The highest BCUT2D eigenvalue weighted by Gasteiger charge is 2.30. The smallest absolute Gasteiger partial charge is 0.416 e. The molecule has 0 radical (unpaired) electrons. The van der Waals surface area contributed by atoms with Crippen molar-refractivity contribution in [2.45, 2.75) is 19.2 Å². The number of aromatic nitrogens is 1. The Labute approximate surface area is 149 Å². The maximum absolute atomic E-state index is 12.5. The molecule has 0 spiro atoms. The zero-order valence-electron chi connectivity index (χ0n) is 12.8. The van der Waals surface area contributed by atoms with Gasteiger partial charge in [0.25, 0.3) is 5.91 Å². The second-order valence-electron chi connectivity index (χ2n) is 5.00. The lowest BCUT2D eigenvalue weighted by Crippen LogP contribution is -2.30. The van der Waals surface area contributed by atoms with E-state index < -0.39 is 29.7 Å². The Kier molecular flexibility index (Phi) is 5.78. The van der Waals surface area contributed by atoms with Gasteiger partial charge in [-0.25, -0.2) is 4.79 Å². The number of carbonyl (C=O) groups excluding carboxylic acids is 2. The minimum Gasteiger partial charge on any atom is -0.449 e. The summed E-state index contributed by atoms with van der Waals surface area (Å²) in [5.74, 6) is -1.42. The van der Waals surface area contributed by atoms with Crippen molar-refractivity contribution in [2.24, 2.45) is 0 Å². The summed E-state index contributed by atoms with van der Waals surface area (Å²) in [4.78, 5) is 27.7. The van der Waals surface area contributed by atoms with E-state index in [2.05, 4.69) is 26.2 Å². The molecule has 0 aliphatic carbocycles. The number of pyridine rings is 1. The van der Waals surface area contributed by atoms with E-state index in [0.717, 1.165) is 24.3 Å². The molecule has 1 N–H and O–H groups in total. The summed E-state index contributed by atoms with van der Waals surface area (Å²) in [5, 5.41) is 2.38. The normalized spacial score (nSPS) is 12.4. The number of halogens is 4. The molecule has 1 aromatic carbocycles. The van der Waals surface area contributed by atoms with E-state index in [1.54, 1.807) is 0 Å². The first-order valence-electron chi connectivity index (χ1n) is 6.96. The van der Waals surface area contributed by atoms with Crippen LogP contribution < -0.4 is 5.32 Å². The number of hydrogen-bond acceptors (Lipinski definition) is 4. The van der Waals surface area contributed by atoms with Crippen molar-refractivity contribution in [3.63, 3.8) is 0 Å². The predicted molar refractivity (Wildman–Crippen MR) is 86.9 cm³/mol. The van der Waals surface area contributed by atoms with Crippen LogP contribution in [0.3, 0.4) is 0 Å². The third-order valence-corrected chi connectivity index (χ3v) is 3.51. The van der Waals surface area contributed by atoms with Crippen LogP contribution in [0.1, 0.15) is 22.8 Å². The Morgan fingerprint density at radius 1 is 1.20 bits per heavy atom. The summed E-state index contributed by atoms with van der Waals surface area (Å²) in [6.07, 6.45) is -2.83. The van der Waals surface area contributed by atoms with Gasteiger partial charge in [0.15, 0.2) is 6.10 Å². The summed E-state index contributed by atoms with van der Waals surface area (Å²) in [6, 6.07) is 5.41. The molecule has 0 fully saturated rings. The largest absolute Gasteiger partial charge is 0.449 e. The van der Waals surface area contributed by atoms with Crippen molar-refractivity contribution in [1.82, 2.24) is 4.98 Å². The molecule has 0 aliphatic rings. The number of alkyl halides is 3. The van der Waals surface area contributed by atoms with Crippen LogP contribution in [0.25, 0.3) is 0 Å². The Morgan fingerprint density at radius 3 is 2.40 bits per heavy atom. The molecule has 0 bridgehead atoms. The lowest BCUT2D eigenvalue weighted by Gasteiger charge is -2.14. The van der Waals surface area contributed by atoms with Gasteiger partial charge in [0.2, 0.25) is 0 Å². The topological polar surface area (TPSA) is 68.3 Å². The standard InChI is InChI=1S/C16H12BrF3N2O3/c1-9(25-15(24)10-6-12(17)8-21-7-10)14(23)22-13-4-2-11(3-5-13)16(18,19)20/h2-9H,1H3,(H,22,23). The molecule has 9 heteroatoms. The Hall–Kier alpha value is -2.42. The molecule has 0 aliphatic heterocycles. The van der Waals surface area contributed by atoms with Gasteiger partial charge in [0.05, 0.1) is 11.1 Å². The number of anilines is 1. The molecular weight excluding hydrogens is 405 g/mol. The fourth-order valence-electron chi connectivity index (χ4n) is 1.79. The fourth-order valence-corrected chi connectivity index (χ4v) is 2.16. The number of esters is 1. The highest BCUT2D eigenvalue weighted by Crippen LogP contribution is 2.29. The number of nitrogens with one attached hydrogen (secondary N) is 1. The number of amides is 1. The van der Waals surface area contributed by atoms with Crippen LogP contribution in [0.15, 0.2) is 47.2 Å². The van der Waals surface area contributed by atoms with E-state index in [9.17, 15) is 22.8 Å². The third kappa shape index (κ3) is 5.28. The fraction of sp³-hybridized carbons (Fsp3) is 0.188. The highest BCUT2D eigenvalue weighted by molar-refractivity contribution is 9.10. The first kappa shape index (κ1) is 18.9. The average molecular weight is 417 g/mol. The minimum atomic E-state index is -4.46. The number of nitrogens with zero attached hydrogens (tertiary/aromatic N) is 1. The van der Waals surface area contributed by atoms with Gasteiger partial charge in [0.1, 0.15) is 0 Å². The molecule has 1 heterocycles. The lowest BCUT2D eigenvalue weighted by molar-refractivity contribution is -0.137. The molecule has 2 rings (SSSR count). The number of benzene rings is 1. The van der Waals surface area contributed by atoms with Crippen LogP contribution >= 0.6 is 15.9 Å². The Balaban J connectivity index is 1.97. The molecule has 25 heavy (non-hydrogen) atoms. The van der Waals surface area contributed by atoms with Crippen molar-refractivity contribution in [3.8, 4) is 0 Å². The second kappa shape index (κ2) is 7.64. The van der Waals surface area contributed by atoms with E-state index in [1.807, 2.05) is 0 Å². The SMILES string of the molecule is CC(OC(=O)c1cncc(Br)c1)C(=O)Nc1ccc(C(F)(F)F)cc1. The number of rotatable bonds is 4. The number of hydrogen-bond donors (Lipinski definition) is 1. The predicted octanol–water partition coefficient (Wildman–Crippen LogP) is 4.05. The molecule has 0 saturated heterocycles. The average Bonchev–Trinajstić information content (AvgIpc) is 2.54. The van der Waals surface area contributed by atoms with Gasteiger partial charge in [0, 0.05) is 22.6 Å². The molecule has 1 unspecified atom stereocenters. The molecule has 132 valence electrons.